The molecule has 0 atom stereocenters. The summed E-state index contributed by atoms with van der Waals surface area (Å²) < 4.78 is 38.4. The van der Waals surface area contributed by atoms with E-state index in [0.717, 1.165) is 28.2 Å². The summed E-state index contributed by atoms with van der Waals surface area (Å²) >= 11 is 0. The third-order valence-electron chi connectivity index (χ3n) is 3.99. The van der Waals surface area contributed by atoms with Crippen molar-refractivity contribution in [2.45, 2.75) is 33.5 Å². The molecule has 1 N–H and O–H groups in total. The van der Waals surface area contributed by atoms with E-state index >= 15 is 0 Å². The summed E-state index contributed by atoms with van der Waals surface area (Å²) in [6.07, 6.45) is -1.86. The van der Waals surface area contributed by atoms with Crippen molar-refractivity contribution in [1.82, 2.24) is 24.8 Å². The van der Waals surface area contributed by atoms with Gasteiger partial charge in [-0.1, -0.05) is 0 Å². The summed E-state index contributed by atoms with van der Waals surface area (Å²) in [5.41, 5.74) is 5.19. The number of aromatic nitrogens is 4. The van der Waals surface area contributed by atoms with Gasteiger partial charge in [0, 0.05) is 6.20 Å². The van der Waals surface area contributed by atoms with E-state index < -0.39 is 12.1 Å². The highest BCUT2D eigenvalue weighted by Crippen LogP contribution is 2.22. The largest absolute Gasteiger partial charge is 0.471 e. The van der Waals surface area contributed by atoms with E-state index in [2.05, 4.69) is 15.0 Å². The second-order valence-corrected chi connectivity index (χ2v) is 5.97. The Balaban J connectivity index is 1.88. The molecule has 3 aromatic rings. The third kappa shape index (κ3) is 3.51. The highest BCUT2D eigenvalue weighted by atomic mass is 19.4. The Hall–Kier alpha value is -2.97. The minimum absolute atomic E-state index is 0.309. The van der Waals surface area contributed by atoms with Gasteiger partial charge in [0.2, 0.25) is 0 Å². The van der Waals surface area contributed by atoms with Crippen molar-refractivity contribution >= 4 is 16.9 Å². The molecule has 0 bridgehead atoms. The van der Waals surface area contributed by atoms with Crippen LogP contribution in [0.15, 0.2) is 24.7 Å². The number of nitrogens with zero attached hydrogens (tertiary/aromatic N) is 4. The van der Waals surface area contributed by atoms with Crippen LogP contribution < -0.4 is 5.32 Å². The average Bonchev–Trinajstić information content (AvgIpc) is 3.01. The topological polar surface area (TPSA) is 72.7 Å². The quantitative estimate of drug-likeness (QED) is 0.777. The van der Waals surface area contributed by atoms with Crippen LogP contribution >= 0.6 is 0 Å². The smallest absolute Gasteiger partial charge is 0.343 e. The van der Waals surface area contributed by atoms with E-state index in [0.29, 0.717) is 11.2 Å². The standard InChI is InChI=1S/C17H16F3N5O/c1-9-4-13-14(24-11(3)10(2)23-13)5-15(9)25-7-12(22-8-25)6-21-16(26)17(18,19)20/h4-5,7-8H,6H2,1-3H3,(H,21,26). The lowest BCUT2D eigenvalue weighted by Gasteiger charge is -2.10. The lowest BCUT2D eigenvalue weighted by Crippen LogP contribution is -2.36. The fraction of sp³-hybridized carbons (Fsp3) is 0.294. The molecule has 2 aromatic heterocycles. The fourth-order valence-corrected chi connectivity index (χ4v) is 2.51. The molecule has 0 radical (unpaired) electrons. The number of halogens is 3. The highest BCUT2D eigenvalue weighted by Gasteiger charge is 2.38. The van der Waals surface area contributed by atoms with Crippen molar-refractivity contribution in [1.29, 1.82) is 0 Å². The second-order valence-electron chi connectivity index (χ2n) is 5.97. The van der Waals surface area contributed by atoms with Crippen LogP contribution in [0, 0.1) is 20.8 Å². The first kappa shape index (κ1) is 17.8. The van der Waals surface area contributed by atoms with Gasteiger partial charge in [-0.05, 0) is 38.5 Å². The summed E-state index contributed by atoms with van der Waals surface area (Å²) in [6.45, 7) is 5.36. The molecule has 26 heavy (non-hydrogen) atoms. The van der Waals surface area contributed by atoms with Crippen LogP contribution in [0.1, 0.15) is 22.6 Å². The molecular weight excluding hydrogens is 347 g/mol. The van der Waals surface area contributed by atoms with Gasteiger partial charge in [-0.2, -0.15) is 13.2 Å². The zero-order valence-electron chi connectivity index (χ0n) is 14.3. The molecule has 0 aliphatic heterocycles. The van der Waals surface area contributed by atoms with Gasteiger partial charge >= 0.3 is 12.1 Å². The van der Waals surface area contributed by atoms with Gasteiger partial charge in [0.05, 0.1) is 46.7 Å². The normalized spacial score (nSPS) is 11.8. The molecule has 2 heterocycles. The van der Waals surface area contributed by atoms with Gasteiger partial charge in [0.15, 0.2) is 0 Å². The first-order valence-corrected chi connectivity index (χ1v) is 7.79. The molecular formula is C17H16F3N5O. The van der Waals surface area contributed by atoms with Gasteiger partial charge in [-0.3, -0.25) is 4.79 Å². The number of alkyl halides is 3. The van der Waals surface area contributed by atoms with Gasteiger partial charge in [0.25, 0.3) is 0 Å². The maximum atomic E-state index is 12.2. The Bertz CT molecular complexity index is 994. The lowest BCUT2D eigenvalue weighted by atomic mass is 10.1. The number of aryl methyl sites for hydroxylation is 3. The summed E-state index contributed by atoms with van der Waals surface area (Å²) in [6, 6.07) is 3.75. The number of carbonyl (C=O) groups is 1. The maximum Gasteiger partial charge on any atom is 0.471 e. The number of hydrogen-bond acceptors (Lipinski definition) is 4. The molecule has 0 aliphatic carbocycles. The van der Waals surface area contributed by atoms with Crippen LogP contribution in [0.4, 0.5) is 13.2 Å². The number of amides is 1. The minimum atomic E-state index is -4.91. The Labute approximate surface area is 147 Å². The van der Waals surface area contributed by atoms with Gasteiger partial charge in [-0.25, -0.2) is 15.0 Å². The molecule has 0 saturated heterocycles. The molecule has 0 aliphatic rings. The summed E-state index contributed by atoms with van der Waals surface area (Å²) in [5.74, 6) is -1.99. The van der Waals surface area contributed by atoms with Crippen LogP contribution in [0.3, 0.4) is 0 Å². The Morgan fingerprint density at radius 2 is 1.73 bits per heavy atom. The van der Waals surface area contributed by atoms with Crippen LogP contribution in [-0.2, 0) is 11.3 Å². The average molecular weight is 363 g/mol. The number of carbonyl (C=O) groups excluding carboxylic acids is 1. The summed E-state index contributed by atoms with van der Waals surface area (Å²) in [7, 11) is 0. The van der Waals surface area contributed by atoms with Gasteiger partial charge in [-0.15, -0.1) is 0 Å². The summed E-state index contributed by atoms with van der Waals surface area (Å²) in [4.78, 5) is 24.0. The van der Waals surface area contributed by atoms with Crippen LogP contribution in [0.5, 0.6) is 0 Å². The van der Waals surface area contributed by atoms with Crippen LogP contribution in [0.25, 0.3) is 16.7 Å². The number of rotatable bonds is 3. The van der Waals surface area contributed by atoms with Gasteiger partial charge < -0.3 is 9.88 Å². The zero-order valence-corrected chi connectivity index (χ0v) is 14.3. The van der Waals surface area contributed by atoms with E-state index in [4.69, 9.17) is 0 Å². The van der Waals surface area contributed by atoms with Crippen molar-refractivity contribution in [3.05, 3.63) is 47.3 Å². The first-order valence-electron chi connectivity index (χ1n) is 7.79. The van der Waals surface area contributed by atoms with E-state index in [1.807, 2.05) is 32.9 Å². The summed E-state index contributed by atoms with van der Waals surface area (Å²) in [5, 5.41) is 1.80. The number of fused-ring (bicyclic) bond motifs is 1. The number of nitrogens with one attached hydrogen (secondary N) is 1. The molecule has 3 rings (SSSR count). The second kappa shape index (κ2) is 6.40. The predicted octanol–water partition coefficient (Wildman–Crippen LogP) is 2.92. The predicted molar refractivity (Wildman–Crippen MR) is 88.8 cm³/mol. The first-order chi connectivity index (χ1) is 12.1. The van der Waals surface area contributed by atoms with E-state index in [1.54, 1.807) is 16.1 Å². The highest BCUT2D eigenvalue weighted by molar-refractivity contribution is 5.81. The van der Waals surface area contributed by atoms with E-state index in [9.17, 15) is 18.0 Å². The van der Waals surface area contributed by atoms with Crippen LogP contribution in [0.2, 0.25) is 0 Å². The van der Waals surface area contributed by atoms with Crippen LogP contribution in [-0.4, -0.2) is 31.6 Å². The van der Waals surface area contributed by atoms with Crippen molar-refractivity contribution < 1.29 is 18.0 Å². The SMILES string of the molecule is Cc1cc2nc(C)c(C)nc2cc1-n1cnc(CNC(=O)C(F)(F)F)c1. The Morgan fingerprint density at radius 3 is 2.35 bits per heavy atom. The molecule has 9 heteroatoms. The maximum absolute atomic E-state index is 12.2. The molecule has 0 saturated carbocycles. The van der Waals surface area contributed by atoms with Crippen molar-refractivity contribution in [3.63, 3.8) is 0 Å². The van der Waals surface area contributed by atoms with E-state index in [-0.39, 0.29) is 6.54 Å². The monoisotopic (exact) mass is 363 g/mol. The van der Waals surface area contributed by atoms with Crippen molar-refractivity contribution in [2.75, 3.05) is 0 Å². The molecule has 136 valence electrons. The number of imidazole rings is 1. The van der Waals surface area contributed by atoms with Crippen molar-refractivity contribution in [3.8, 4) is 5.69 Å². The van der Waals surface area contributed by atoms with Crippen molar-refractivity contribution in [2.24, 2.45) is 0 Å². The van der Waals surface area contributed by atoms with E-state index in [1.165, 1.54) is 6.33 Å². The molecule has 1 amide bonds. The number of hydrogen-bond donors (Lipinski definition) is 1. The Morgan fingerprint density at radius 1 is 1.12 bits per heavy atom. The Kier molecular flexibility index (Phi) is 4.39. The lowest BCUT2D eigenvalue weighted by molar-refractivity contribution is -0.173. The minimum Gasteiger partial charge on any atom is -0.343 e. The molecule has 0 unspecified atom stereocenters. The zero-order chi connectivity index (χ0) is 19.1. The molecule has 1 aromatic carbocycles. The molecule has 0 spiro atoms. The third-order valence-corrected chi connectivity index (χ3v) is 3.99. The molecule has 6 nitrogen and oxygen atoms in total. The fourth-order valence-electron chi connectivity index (χ4n) is 2.51. The molecule has 0 fully saturated rings. The number of benzene rings is 1. The van der Waals surface area contributed by atoms with Gasteiger partial charge in [0.1, 0.15) is 0 Å².